The molecule has 4 nitrogen and oxygen atoms in total. The van der Waals surface area contributed by atoms with Crippen molar-refractivity contribution in [2.75, 3.05) is 13.2 Å². The molecule has 0 heterocycles. The summed E-state index contributed by atoms with van der Waals surface area (Å²) in [6.45, 7) is 8.29. The Kier molecular flexibility index (Phi) is 6.67. The number of esters is 1. The van der Waals surface area contributed by atoms with Crippen molar-refractivity contribution in [2.24, 2.45) is 0 Å². The molecule has 0 aliphatic carbocycles. The van der Waals surface area contributed by atoms with Crippen LogP contribution in [0.3, 0.4) is 0 Å². The second-order valence-corrected chi connectivity index (χ2v) is 5.57. The second kappa shape index (κ2) is 8.96. The number of rotatable bonds is 9. The minimum atomic E-state index is -0.448. The third-order valence-electron chi connectivity index (χ3n) is 3.56. The molecule has 2 rings (SSSR count). The second-order valence-electron chi connectivity index (χ2n) is 5.57. The highest BCUT2D eigenvalue weighted by Gasteiger charge is 2.11. The van der Waals surface area contributed by atoms with E-state index >= 15 is 0 Å². The standard InChI is InChI=1S/C20H24O4/c1-4-6-13-22-18-11-12-19(17-10-8-7-9-16(17)18)23-14-15(3)24-20(21)5-2/h5,7-12,15H,2,4,6,13-14H2,1,3H3. The molecule has 0 N–H and O–H groups in total. The monoisotopic (exact) mass is 328 g/mol. The van der Waals surface area contributed by atoms with Gasteiger partial charge in [0.25, 0.3) is 0 Å². The number of benzene rings is 2. The fourth-order valence-electron chi connectivity index (χ4n) is 2.31. The van der Waals surface area contributed by atoms with Crippen LogP contribution in [0.2, 0.25) is 0 Å². The first-order valence-corrected chi connectivity index (χ1v) is 8.26. The Bertz CT molecular complexity index is 693. The lowest BCUT2D eigenvalue weighted by Crippen LogP contribution is -2.20. The summed E-state index contributed by atoms with van der Waals surface area (Å²) in [5.74, 6) is 1.16. The van der Waals surface area contributed by atoms with Crippen LogP contribution in [0.15, 0.2) is 49.1 Å². The molecule has 0 aromatic heterocycles. The predicted molar refractivity (Wildman–Crippen MR) is 95.6 cm³/mol. The first-order chi connectivity index (χ1) is 11.7. The number of fused-ring (bicyclic) bond motifs is 1. The molecule has 1 unspecified atom stereocenters. The lowest BCUT2D eigenvalue weighted by Gasteiger charge is -2.16. The van der Waals surface area contributed by atoms with E-state index in [0.717, 1.165) is 41.2 Å². The minimum absolute atomic E-state index is 0.277. The zero-order valence-corrected chi connectivity index (χ0v) is 14.3. The van der Waals surface area contributed by atoms with Crippen molar-refractivity contribution in [3.8, 4) is 11.5 Å². The van der Waals surface area contributed by atoms with Crippen LogP contribution in [0, 0.1) is 0 Å². The van der Waals surface area contributed by atoms with Gasteiger partial charge in [-0.3, -0.25) is 0 Å². The van der Waals surface area contributed by atoms with Crippen LogP contribution in [-0.4, -0.2) is 25.3 Å². The summed E-state index contributed by atoms with van der Waals surface area (Å²) < 4.78 is 16.8. The third kappa shape index (κ3) is 4.75. The van der Waals surface area contributed by atoms with Crippen molar-refractivity contribution in [1.29, 1.82) is 0 Å². The van der Waals surface area contributed by atoms with Crippen molar-refractivity contribution >= 4 is 16.7 Å². The number of hydrogen-bond acceptors (Lipinski definition) is 4. The van der Waals surface area contributed by atoms with Gasteiger partial charge < -0.3 is 14.2 Å². The fourth-order valence-corrected chi connectivity index (χ4v) is 2.31. The smallest absolute Gasteiger partial charge is 0.330 e. The lowest BCUT2D eigenvalue weighted by molar-refractivity contribution is -0.143. The van der Waals surface area contributed by atoms with E-state index in [-0.39, 0.29) is 12.7 Å². The van der Waals surface area contributed by atoms with E-state index in [4.69, 9.17) is 14.2 Å². The predicted octanol–water partition coefficient (Wildman–Crippen LogP) is 4.52. The Hall–Kier alpha value is -2.49. The molecule has 2 aromatic rings. The summed E-state index contributed by atoms with van der Waals surface area (Å²) in [5.41, 5.74) is 0. The van der Waals surface area contributed by atoms with Crippen LogP contribution in [0.1, 0.15) is 26.7 Å². The highest BCUT2D eigenvalue weighted by atomic mass is 16.6. The van der Waals surface area contributed by atoms with Gasteiger partial charge in [0.05, 0.1) is 6.61 Å². The topological polar surface area (TPSA) is 44.8 Å². The molecule has 0 bridgehead atoms. The van der Waals surface area contributed by atoms with E-state index in [1.807, 2.05) is 36.4 Å². The van der Waals surface area contributed by atoms with Crippen LogP contribution in [-0.2, 0) is 9.53 Å². The van der Waals surface area contributed by atoms with Gasteiger partial charge >= 0.3 is 5.97 Å². The van der Waals surface area contributed by atoms with Gasteiger partial charge in [-0.25, -0.2) is 4.79 Å². The Labute approximate surface area is 143 Å². The minimum Gasteiger partial charge on any atom is -0.493 e. The van der Waals surface area contributed by atoms with E-state index in [1.54, 1.807) is 6.92 Å². The molecule has 24 heavy (non-hydrogen) atoms. The molecule has 2 aromatic carbocycles. The zero-order chi connectivity index (χ0) is 17.4. The van der Waals surface area contributed by atoms with E-state index in [1.165, 1.54) is 0 Å². The quantitative estimate of drug-likeness (QED) is 0.386. The zero-order valence-electron chi connectivity index (χ0n) is 14.3. The average Bonchev–Trinajstić information content (AvgIpc) is 2.60. The highest BCUT2D eigenvalue weighted by molar-refractivity contribution is 5.93. The largest absolute Gasteiger partial charge is 0.493 e. The molecular formula is C20H24O4. The van der Waals surface area contributed by atoms with Gasteiger partial charge in [0, 0.05) is 16.8 Å². The summed E-state index contributed by atoms with van der Waals surface area (Å²) in [7, 11) is 0. The van der Waals surface area contributed by atoms with Crippen LogP contribution in [0.4, 0.5) is 0 Å². The summed E-state index contributed by atoms with van der Waals surface area (Å²) >= 11 is 0. The number of hydrogen-bond donors (Lipinski definition) is 0. The third-order valence-corrected chi connectivity index (χ3v) is 3.56. The van der Waals surface area contributed by atoms with Crippen LogP contribution >= 0.6 is 0 Å². The van der Waals surface area contributed by atoms with Gasteiger partial charge in [0.15, 0.2) is 0 Å². The molecule has 1 atom stereocenters. The normalized spacial score (nSPS) is 11.8. The maximum Gasteiger partial charge on any atom is 0.330 e. The van der Waals surface area contributed by atoms with Crippen LogP contribution in [0.5, 0.6) is 11.5 Å². The van der Waals surface area contributed by atoms with Crippen molar-refractivity contribution in [1.82, 2.24) is 0 Å². The molecule has 0 aliphatic rings. The Morgan fingerprint density at radius 1 is 1.12 bits per heavy atom. The molecule has 0 saturated carbocycles. The van der Waals surface area contributed by atoms with E-state index in [2.05, 4.69) is 13.5 Å². The van der Waals surface area contributed by atoms with Crippen molar-refractivity contribution in [3.63, 3.8) is 0 Å². The van der Waals surface area contributed by atoms with Crippen LogP contribution < -0.4 is 9.47 Å². The number of unbranched alkanes of at least 4 members (excludes halogenated alkanes) is 1. The molecule has 0 aliphatic heterocycles. The first-order valence-electron chi connectivity index (χ1n) is 8.26. The molecule has 0 saturated heterocycles. The number of carbonyl (C=O) groups is 1. The first kappa shape index (κ1) is 17.9. The summed E-state index contributed by atoms with van der Waals surface area (Å²) in [6, 6.07) is 11.8. The number of carbonyl (C=O) groups excluding carboxylic acids is 1. The number of ether oxygens (including phenoxy) is 3. The van der Waals surface area contributed by atoms with Gasteiger partial charge in [0.1, 0.15) is 24.2 Å². The molecule has 0 radical (unpaired) electrons. The highest BCUT2D eigenvalue weighted by Crippen LogP contribution is 2.33. The van der Waals surface area contributed by atoms with Crippen molar-refractivity contribution < 1.29 is 19.0 Å². The van der Waals surface area contributed by atoms with Gasteiger partial charge in [-0.05, 0) is 25.5 Å². The van der Waals surface area contributed by atoms with Gasteiger partial charge in [0.2, 0.25) is 0 Å². The van der Waals surface area contributed by atoms with Gasteiger partial charge in [-0.1, -0.05) is 44.2 Å². The Balaban J connectivity index is 2.12. The molecule has 0 spiro atoms. The van der Waals surface area contributed by atoms with Gasteiger partial charge in [-0.15, -0.1) is 0 Å². The Morgan fingerprint density at radius 3 is 2.33 bits per heavy atom. The summed E-state index contributed by atoms with van der Waals surface area (Å²) in [5, 5.41) is 2.00. The molecular weight excluding hydrogens is 304 g/mol. The summed E-state index contributed by atoms with van der Waals surface area (Å²) in [6.07, 6.45) is 2.92. The van der Waals surface area contributed by atoms with Crippen molar-refractivity contribution in [2.45, 2.75) is 32.8 Å². The average molecular weight is 328 g/mol. The molecule has 0 amide bonds. The SMILES string of the molecule is C=CC(=O)OC(C)COc1ccc(OCCCC)c2ccccc12. The maximum atomic E-state index is 11.2. The molecule has 128 valence electrons. The lowest BCUT2D eigenvalue weighted by atomic mass is 10.1. The molecule has 4 heteroatoms. The Morgan fingerprint density at radius 2 is 1.75 bits per heavy atom. The van der Waals surface area contributed by atoms with E-state index < -0.39 is 5.97 Å². The van der Waals surface area contributed by atoms with Gasteiger partial charge in [-0.2, -0.15) is 0 Å². The maximum absolute atomic E-state index is 11.2. The summed E-state index contributed by atoms with van der Waals surface area (Å²) in [4.78, 5) is 11.2. The molecule has 0 fully saturated rings. The van der Waals surface area contributed by atoms with Crippen LogP contribution in [0.25, 0.3) is 10.8 Å². The van der Waals surface area contributed by atoms with E-state index in [0.29, 0.717) is 6.61 Å². The fraction of sp³-hybridized carbons (Fsp3) is 0.350. The van der Waals surface area contributed by atoms with E-state index in [9.17, 15) is 4.79 Å². The van der Waals surface area contributed by atoms with Crippen molar-refractivity contribution in [3.05, 3.63) is 49.1 Å².